The van der Waals surface area contributed by atoms with E-state index in [9.17, 15) is 9.90 Å². The van der Waals surface area contributed by atoms with Gasteiger partial charge in [-0.2, -0.15) is 0 Å². The van der Waals surface area contributed by atoms with Crippen LogP contribution in [-0.4, -0.2) is 23.3 Å². The SMILES string of the molecule is COC(=O)CCCC[C@@H](O)c1ccc(-c2ccc(CO)cc2)cc1. The van der Waals surface area contributed by atoms with E-state index in [1.165, 1.54) is 7.11 Å². The molecule has 0 saturated carbocycles. The smallest absolute Gasteiger partial charge is 0.305 e. The molecule has 0 aliphatic rings. The molecule has 0 aromatic heterocycles. The predicted molar refractivity (Wildman–Crippen MR) is 93.2 cm³/mol. The molecule has 1 atom stereocenters. The Morgan fingerprint density at radius 1 is 1.00 bits per heavy atom. The van der Waals surface area contributed by atoms with Crippen molar-refractivity contribution in [3.05, 3.63) is 59.7 Å². The zero-order valence-corrected chi connectivity index (χ0v) is 13.9. The number of methoxy groups -OCH3 is 1. The standard InChI is InChI=1S/C20H24O4/c1-24-20(23)5-3-2-4-19(22)18-12-10-17(11-13-18)16-8-6-15(14-21)7-9-16/h6-13,19,21-22H,2-5,14H2,1H3/t19-/m1/s1. The summed E-state index contributed by atoms with van der Waals surface area (Å²) < 4.78 is 4.60. The van der Waals surface area contributed by atoms with Crippen LogP contribution >= 0.6 is 0 Å². The van der Waals surface area contributed by atoms with Crippen LogP contribution in [0.3, 0.4) is 0 Å². The molecule has 0 radical (unpaired) electrons. The van der Waals surface area contributed by atoms with Crippen molar-refractivity contribution in [3.8, 4) is 11.1 Å². The van der Waals surface area contributed by atoms with Crippen LogP contribution in [0.5, 0.6) is 0 Å². The molecule has 2 aromatic carbocycles. The normalized spacial score (nSPS) is 12.0. The number of aliphatic hydroxyl groups excluding tert-OH is 2. The molecule has 2 N–H and O–H groups in total. The van der Waals surface area contributed by atoms with Crippen LogP contribution in [0.15, 0.2) is 48.5 Å². The number of hydrogen-bond donors (Lipinski definition) is 2. The lowest BCUT2D eigenvalue weighted by atomic mass is 9.98. The lowest BCUT2D eigenvalue weighted by Gasteiger charge is -2.12. The van der Waals surface area contributed by atoms with Crippen molar-refractivity contribution >= 4 is 5.97 Å². The first-order valence-corrected chi connectivity index (χ1v) is 8.19. The molecule has 0 saturated heterocycles. The Morgan fingerprint density at radius 3 is 2.12 bits per heavy atom. The number of benzene rings is 2. The fourth-order valence-electron chi connectivity index (χ4n) is 2.58. The number of ether oxygens (including phenoxy) is 1. The van der Waals surface area contributed by atoms with Crippen LogP contribution in [0, 0.1) is 0 Å². The Labute approximate surface area is 142 Å². The fourth-order valence-corrected chi connectivity index (χ4v) is 2.58. The number of unbranched alkanes of at least 4 members (excludes halogenated alkanes) is 1. The molecule has 4 nitrogen and oxygen atoms in total. The highest BCUT2D eigenvalue weighted by Gasteiger charge is 2.09. The van der Waals surface area contributed by atoms with Gasteiger partial charge in [-0.1, -0.05) is 48.5 Å². The summed E-state index contributed by atoms with van der Waals surface area (Å²) in [5.74, 6) is -0.207. The van der Waals surface area contributed by atoms with Gasteiger partial charge in [-0.25, -0.2) is 0 Å². The zero-order valence-electron chi connectivity index (χ0n) is 13.9. The van der Waals surface area contributed by atoms with Gasteiger partial charge in [0.05, 0.1) is 19.8 Å². The molecular weight excluding hydrogens is 304 g/mol. The van der Waals surface area contributed by atoms with E-state index < -0.39 is 6.10 Å². The Kier molecular flexibility index (Phi) is 6.97. The molecule has 0 aliphatic carbocycles. The summed E-state index contributed by atoms with van der Waals surface area (Å²) in [7, 11) is 1.39. The van der Waals surface area contributed by atoms with E-state index in [0.717, 1.165) is 35.1 Å². The van der Waals surface area contributed by atoms with Crippen molar-refractivity contribution in [1.82, 2.24) is 0 Å². The van der Waals surface area contributed by atoms with Gasteiger partial charge in [-0.05, 0) is 41.5 Å². The third-order valence-corrected chi connectivity index (χ3v) is 4.10. The van der Waals surface area contributed by atoms with Gasteiger partial charge in [0.15, 0.2) is 0 Å². The van der Waals surface area contributed by atoms with Crippen LogP contribution in [0.25, 0.3) is 11.1 Å². The lowest BCUT2D eigenvalue weighted by molar-refractivity contribution is -0.140. The van der Waals surface area contributed by atoms with Crippen LogP contribution in [-0.2, 0) is 16.1 Å². The maximum Gasteiger partial charge on any atom is 0.305 e. The number of hydrogen-bond acceptors (Lipinski definition) is 4. The molecule has 0 unspecified atom stereocenters. The van der Waals surface area contributed by atoms with E-state index in [1.807, 2.05) is 48.5 Å². The topological polar surface area (TPSA) is 66.8 Å². The third-order valence-electron chi connectivity index (χ3n) is 4.10. The van der Waals surface area contributed by atoms with Gasteiger partial charge in [0, 0.05) is 6.42 Å². The van der Waals surface area contributed by atoms with Crippen LogP contribution in [0.1, 0.15) is 42.9 Å². The summed E-state index contributed by atoms with van der Waals surface area (Å²) >= 11 is 0. The zero-order chi connectivity index (χ0) is 17.4. The van der Waals surface area contributed by atoms with Crippen LogP contribution in [0.2, 0.25) is 0 Å². The monoisotopic (exact) mass is 328 g/mol. The second-order valence-electron chi connectivity index (χ2n) is 5.81. The van der Waals surface area contributed by atoms with E-state index >= 15 is 0 Å². The molecule has 0 heterocycles. The third kappa shape index (κ3) is 5.18. The molecule has 24 heavy (non-hydrogen) atoms. The highest BCUT2D eigenvalue weighted by molar-refractivity contribution is 5.69. The van der Waals surface area contributed by atoms with Crippen molar-refractivity contribution in [3.63, 3.8) is 0 Å². The highest BCUT2D eigenvalue weighted by atomic mass is 16.5. The Bertz CT molecular complexity index is 632. The first-order valence-electron chi connectivity index (χ1n) is 8.19. The fraction of sp³-hybridized carbons (Fsp3) is 0.350. The van der Waals surface area contributed by atoms with E-state index in [0.29, 0.717) is 12.8 Å². The first-order chi connectivity index (χ1) is 11.6. The van der Waals surface area contributed by atoms with Crippen molar-refractivity contribution < 1.29 is 19.7 Å². The maximum absolute atomic E-state index is 11.0. The van der Waals surface area contributed by atoms with E-state index in [-0.39, 0.29) is 12.6 Å². The minimum Gasteiger partial charge on any atom is -0.469 e. The van der Waals surface area contributed by atoms with Crippen LogP contribution in [0.4, 0.5) is 0 Å². The Morgan fingerprint density at radius 2 is 1.58 bits per heavy atom. The minimum atomic E-state index is -0.520. The van der Waals surface area contributed by atoms with E-state index in [2.05, 4.69) is 4.74 Å². The Balaban J connectivity index is 1.89. The van der Waals surface area contributed by atoms with Gasteiger partial charge in [-0.3, -0.25) is 4.79 Å². The number of carbonyl (C=O) groups excluding carboxylic acids is 1. The molecule has 0 fully saturated rings. The highest BCUT2D eigenvalue weighted by Crippen LogP contribution is 2.25. The summed E-state index contributed by atoms with van der Waals surface area (Å²) in [6, 6.07) is 15.6. The molecule has 0 spiro atoms. The van der Waals surface area contributed by atoms with Gasteiger partial charge in [0.2, 0.25) is 0 Å². The van der Waals surface area contributed by atoms with Crippen molar-refractivity contribution in [1.29, 1.82) is 0 Å². The number of carbonyl (C=O) groups is 1. The summed E-state index contributed by atoms with van der Waals surface area (Å²) in [6.07, 6.45) is 2.00. The molecule has 128 valence electrons. The second-order valence-corrected chi connectivity index (χ2v) is 5.81. The average Bonchev–Trinajstić information content (AvgIpc) is 2.65. The van der Waals surface area contributed by atoms with Crippen molar-refractivity contribution in [2.75, 3.05) is 7.11 Å². The number of aliphatic hydroxyl groups is 2. The van der Waals surface area contributed by atoms with E-state index in [1.54, 1.807) is 0 Å². The summed E-state index contributed by atoms with van der Waals surface area (Å²) in [5.41, 5.74) is 3.91. The van der Waals surface area contributed by atoms with Gasteiger partial charge < -0.3 is 14.9 Å². The van der Waals surface area contributed by atoms with Crippen LogP contribution < -0.4 is 0 Å². The average molecular weight is 328 g/mol. The molecule has 4 heteroatoms. The minimum absolute atomic E-state index is 0.0430. The van der Waals surface area contributed by atoms with E-state index in [4.69, 9.17) is 5.11 Å². The largest absolute Gasteiger partial charge is 0.469 e. The van der Waals surface area contributed by atoms with Gasteiger partial charge in [0.1, 0.15) is 0 Å². The summed E-state index contributed by atoms with van der Waals surface area (Å²) in [6.45, 7) is 0.0430. The molecule has 2 aromatic rings. The molecule has 0 aliphatic heterocycles. The molecule has 0 bridgehead atoms. The van der Waals surface area contributed by atoms with Crippen molar-refractivity contribution in [2.45, 2.75) is 38.4 Å². The predicted octanol–water partition coefficient (Wildman–Crippen LogP) is 3.61. The van der Waals surface area contributed by atoms with Crippen molar-refractivity contribution in [2.24, 2.45) is 0 Å². The number of esters is 1. The molecule has 0 amide bonds. The molecular formula is C20H24O4. The Hall–Kier alpha value is -2.17. The van der Waals surface area contributed by atoms with Gasteiger partial charge in [0.25, 0.3) is 0 Å². The first kappa shape index (κ1) is 18.2. The second kappa shape index (κ2) is 9.21. The molecule has 2 rings (SSSR count). The lowest BCUT2D eigenvalue weighted by Crippen LogP contribution is -2.01. The summed E-state index contributed by atoms with van der Waals surface area (Å²) in [4.78, 5) is 11.0. The van der Waals surface area contributed by atoms with Gasteiger partial charge >= 0.3 is 5.97 Å². The summed E-state index contributed by atoms with van der Waals surface area (Å²) in [5, 5.41) is 19.3. The van der Waals surface area contributed by atoms with Gasteiger partial charge in [-0.15, -0.1) is 0 Å². The quantitative estimate of drug-likeness (QED) is 0.574. The number of rotatable bonds is 8. The maximum atomic E-state index is 11.0.